The number of anilines is 1. The molecule has 26 heavy (non-hydrogen) atoms. The second-order valence-corrected chi connectivity index (χ2v) is 6.07. The summed E-state index contributed by atoms with van der Waals surface area (Å²) in [5, 5.41) is 11.7. The summed E-state index contributed by atoms with van der Waals surface area (Å²) in [4.78, 5) is 24.3. The molecule has 0 radical (unpaired) electrons. The first-order valence-corrected chi connectivity index (χ1v) is 8.20. The van der Waals surface area contributed by atoms with Crippen molar-refractivity contribution in [3.05, 3.63) is 53.8 Å². The second-order valence-electron chi connectivity index (χ2n) is 6.07. The predicted octanol–water partition coefficient (Wildman–Crippen LogP) is 2.45. The Hall–Kier alpha value is -2.93. The van der Waals surface area contributed by atoms with Crippen molar-refractivity contribution in [1.82, 2.24) is 5.32 Å². The largest absolute Gasteiger partial charge is 0.442 e. The number of aliphatic hydroxyl groups excluding tert-OH is 1. The number of amides is 2. The quantitative estimate of drug-likeness (QED) is 0.861. The number of nitrogens with zero attached hydrogens (tertiary/aromatic N) is 1. The van der Waals surface area contributed by atoms with Gasteiger partial charge in [-0.1, -0.05) is 24.3 Å². The summed E-state index contributed by atoms with van der Waals surface area (Å²) in [6.45, 7) is 1.77. The molecular weight excluding hydrogens is 339 g/mol. The summed E-state index contributed by atoms with van der Waals surface area (Å²) < 4.78 is 19.7. The van der Waals surface area contributed by atoms with Gasteiger partial charge in [-0.3, -0.25) is 9.69 Å². The van der Waals surface area contributed by atoms with Crippen LogP contribution < -0.4 is 10.2 Å². The highest BCUT2D eigenvalue weighted by atomic mass is 19.1. The normalized spacial score (nSPS) is 16.5. The topological polar surface area (TPSA) is 78.9 Å². The van der Waals surface area contributed by atoms with Crippen LogP contribution in [0.3, 0.4) is 0 Å². The standard InChI is InChI=1S/C19H19FN2O4/c1-12(24)21-9-16-10-22(19(25)26-16)15-6-7-17(18(20)8-15)14-4-2-13(11-23)3-5-14/h2-8,16,23H,9-11H2,1H3,(H,21,24). The molecule has 1 heterocycles. The molecule has 0 aromatic heterocycles. The molecule has 3 rings (SSSR count). The lowest BCUT2D eigenvalue weighted by Crippen LogP contribution is -2.33. The van der Waals surface area contributed by atoms with Crippen LogP contribution in [-0.4, -0.2) is 36.3 Å². The van der Waals surface area contributed by atoms with Crippen molar-refractivity contribution < 1.29 is 23.8 Å². The van der Waals surface area contributed by atoms with E-state index >= 15 is 0 Å². The molecule has 0 saturated carbocycles. The lowest BCUT2D eigenvalue weighted by molar-refractivity contribution is -0.119. The van der Waals surface area contributed by atoms with Crippen LogP contribution in [0.4, 0.5) is 14.9 Å². The third-order valence-corrected chi connectivity index (χ3v) is 4.16. The number of ether oxygens (including phenoxy) is 1. The molecule has 0 bridgehead atoms. The Morgan fingerprint density at radius 2 is 2.04 bits per heavy atom. The van der Waals surface area contributed by atoms with E-state index in [1.54, 1.807) is 36.4 Å². The van der Waals surface area contributed by atoms with Gasteiger partial charge in [0.25, 0.3) is 0 Å². The molecule has 0 spiro atoms. The van der Waals surface area contributed by atoms with Crippen LogP contribution in [0, 0.1) is 5.82 Å². The van der Waals surface area contributed by atoms with Crippen LogP contribution in [0.25, 0.3) is 11.1 Å². The van der Waals surface area contributed by atoms with E-state index in [0.29, 0.717) is 16.8 Å². The highest BCUT2D eigenvalue weighted by Crippen LogP contribution is 2.29. The molecule has 7 heteroatoms. The SMILES string of the molecule is CC(=O)NCC1CN(c2ccc(-c3ccc(CO)cc3)c(F)c2)C(=O)O1. The van der Waals surface area contributed by atoms with Crippen molar-refractivity contribution in [3.63, 3.8) is 0 Å². The first kappa shape index (κ1) is 17.9. The number of benzene rings is 2. The molecule has 1 saturated heterocycles. The van der Waals surface area contributed by atoms with Gasteiger partial charge in [-0.25, -0.2) is 9.18 Å². The molecule has 1 atom stereocenters. The zero-order valence-electron chi connectivity index (χ0n) is 14.2. The number of hydrogen-bond donors (Lipinski definition) is 2. The molecule has 2 aromatic carbocycles. The molecule has 1 unspecified atom stereocenters. The Morgan fingerprint density at radius 3 is 2.65 bits per heavy atom. The van der Waals surface area contributed by atoms with Gasteiger partial charge in [-0.2, -0.15) is 0 Å². The van der Waals surface area contributed by atoms with E-state index in [1.165, 1.54) is 17.9 Å². The summed E-state index contributed by atoms with van der Waals surface area (Å²) in [5.74, 6) is -0.667. The van der Waals surface area contributed by atoms with Gasteiger partial charge in [-0.05, 0) is 29.3 Å². The van der Waals surface area contributed by atoms with Gasteiger partial charge in [0, 0.05) is 12.5 Å². The average molecular weight is 358 g/mol. The van der Waals surface area contributed by atoms with Crippen molar-refractivity contribution in [2.45, 2.75) is 19.6 Å². The molecule has 2 amide bonds. The number of aliphatic hydroxyl groups is 1. The van der Waals surface area contributed by atoms with Gasteiger partial charge < -0.3 is 15.2 Å². The van der Waals surface area contributed by atoms with Crippen molar-refractivity contribution in [2.75, 3.05) is 18.0 Å². The Morgan fingerprint density at radius 1 is 1.31 bits per heavy atom. The van der Waals surface area contributed by atoms with Crippen molar-refractivity contribution in [3.8, 4) is 11.1 Å². The smallest absolute Gasteiger partial charge is 0.414 e. The van der Waals surface area contributed by atoms with Gasteiger partial charge in [0.05, 0.1) is 25.4 Å². The molecule has 0 aliphatic carbocycles. The second kappa shape index (κ2) is 7.53. The molecule has 6 nitrogen and oxygen atoms in total. The number of halogens is 1. The Labute approximate surface area is 150 Å². The van der Waals surface area contributed by atoms with E-state index in [1.807, 2.05) is 0 Å². The van der Waals surface area contributed by atoms with E-state index in [2.05, 4.69) is 5.32 Å². The number of carbonyl (C=O) groups excluding carboxylic acids is 2. The van der Waals surface area contributed by atoms with Gasteiger partial charge in [0.15, 0.2) is 0 Å². The predicted molar refractivity (Wildman–Crippen MR) is 94.1 cm³/mol. The van der Waals surface area contributed by atoms with Gasteiger partial charge in [-0.15, -0.1) is 0 Å². The molecule has 1 aliphatic heterocycles. The highest BCUT2D eigenvalue weighted by molar-refractivity contribution is 5.90. The fourth-order valence-electron chi connectivity index (χ4n) is 2.79. The number of nitrogens with one attached hydrogen (secondary N) is 1. The maximum Gasteiger partial charge on any atom is 0.414 e. The van der Waals surface area contributed by atoms with E-state index < -0.39 is 18.0 Å². The Bertz CT molecular complexity index is 823. The van der Waals surface area contributed by atoms with Crippen molar-refractivity contribution >= 4 is 17.7 Å². The number of cyclic esters (lactones) is 1. The average Bonchev–Trinajstić information content (AvgIpc) is 3.01. The van der Waals surface area contributed by atoms with Gasteiger partial charge >= 0.3 is 6.09 Å². The molecule has 136 valence electrons. The fraction of sp³-hybridized carbons (Fsp3) is 0.263. The summed E-state index contributed by atoms with van der Waals surface area (Å²) in [7, 11) is 0. The third kappa shape index (κ3) is 3.83. The lowest BCUT2D eigenvalue weighted by atomic mass is 10.0. The Kier molecular flexibility index (Phi) is 5.18. The number of rotatable bonds is 5. The minimum Gasteiger partial charge on any atom is -0.442 e. The number of carbonyl (C=O) groups is 2. The third-order valence-electron chi connectivity index (χ3n) is 4.16. The molecule has 2 N–H and O–H groups in total. The van der Waals surface area contributed by atoms with Gasteiger partial charge in [0.2, 0.25) is 5.91 Å². The molecule has 1 fully saturated rings. The van der Waals surface area contributed by atoms with Crippen LogP contribution in [0.1, 0.15) is 12.5 Å². The minimum absolute atomic E-state index is 0.0710. The summed E-state index contributed by atoms with van der Waals surface area (Å²) >= 11 is 0. The van der Waals surface area contributed by atoms with E-state index in [9.17, 15) is 14.0 Å². The zero-order valence-corrected chi connectivity index (χ0v) is 14.2. The van der Waals surface area contributed by atoms with Crippen molar-refractivity contribution in [1.29, 1.82) is 0 Å². The summed E-state index contributed by atoms with van der Waals surface area (Å²) in [5.41, 5.74) is 2.23. The molecule has 1 aliphatic rings. The summed E-state index contributed by atoms with van der Waals surface area (Å²) in [6.07, 6.45) is -1.04. The maximum atomic E-state index is 14.6. The fourth-order valence-corrected chi connectivity index (χ4v) is 2.79. The monoisotopic (exact) mass is 358 g/mol. The highest BCUT2D eigenvalue weighted by Gasteiger charge is 2.32. The summed E-state index contributed by atoms with van der Waals surface area (Å²) in [6, 6.07) is 11.5. The van der Waals surface area contributed by atoms with Crippen LogP contribution in [0.15, 0.2) is 42.5 Å². The zero-order chi connectivity index (χ0) is 18.7. The lowest BCUT2D eigenvalue weighted by Gasteiger charge is -2.14. The van der Waals surface area contributed by atoms with Crippen molar-refractivity contribution in [2.24, 2.45) is 0 Å². The molecular formula is C19H19FN2O4. The van der Waals surface area contributed by atoms with Crippen LogP contribution >= 0.6 is 0 Å². The van der Waals surface area contributed by atoms with Crippen LogP contribution in [0.5, 0.6) is 0 Å². The molecule has 2 aromatic rings. The van der Waals surface area contributed by atoms with E-state index in [4.69, 9.17) is 9.84 Å². The van der Waals surface area contributed by atoms with Crippen LogP contribution in [0.2, 0.25) is 0 Å². The van der Waals surface area contributed by atoms with E-state index in [-0.39, 0.29) is 25.6 Å². The van der Waals surface area contributed by atoms with E-state index in [0.717, 1.165) is 5.56 Å². The first-order chi connectivity index (χ1) is 12.5. The minimum atomic E-state index is -0.570. The Balaban J connectivity index is 1.76. The number of hydrogen-bond acceptors (Lipinski definition) is 4. The maximum absolute atomic E-state index is 14.6. The first-order valence-electron chi connectivity index (χ1n) is 8.20. The van der Waals surface area contributed by atoms with Crippen LogP contribution in [-0.2, 0) is 16.1 Å². The van der Waals surface area contributed by atoms with Gasteiger partial charge in [0.1, 0.15) is 11.9 Å².